The number of hydrogen-bond donors (Lipinski definition) is 1. The predicted octanol–water partition coefficient (Wildman–Crippen LogP) is 2.30. The molecule has 2 aliphatic rings. The maximum absolute atomic E-state index is 3.69. The molecule has 64 valence electrons. The second-order valence-corrected chi connectivity index (χ2v) is 5.19. The molecule has 2 fully saturated rings. The summed E-state index contributed by atoms with van der Waals surface area (Å²) in [7, 11) is 0. The lowest BCUT2D eigenvalue weighted by atomic mass is 9.79. The van der Waals surface area contributed by atoms with Gasteiger partial charge in [-0.1, -0.05) is 28.8 Å². The third-order valence-electron chi connectivity index (χ3n) is 3.07. The van der Waals surface area contributed by atoms with Gasteiger partial charge in [-0.25, -0.2) is 0 Å². The normalized spacial score (nSPS) is 45.0. The first-order valence-electron chi connectivity index (χ1n) is 4.74. The Morgan fingerprint density at radius 1 is 1.18 bits per heavy atom. The molecule has 0 aromatic carbocycles. The van der Waals surface area contributed by atoms with Crippen LogP contribution in [0.25, 0.3) is 0 Å². The molecule has 1 nitrogen and oxygen atoms in total. The average Bonchev–Trinajstić information content (AvgIpc) is 2.04. The molecule has 1 aliphatic carbocycles. The van der Waals surface area contributed by atoms with Crippen molar-refractivity contribution in [3.05, 3.63) is 0 Å². The standard InChI is InChI=1S/C9H16BrN/c10-8-5-7-3-1-2-4-9(7)11-6-8/h7-9,11H,1-6H2. The summed E-state index contributed by atoms with van der Waals surface area (Å²) in [6.45, 7) is 1.18. The lowest BCUT2D eigenvalue weighted by molar-refractivity contribution is 0.217. The summed E-state index contributed by atoms with van der Waals surface area (Å²) in [5, 5.41) is 3.62. The lowest BCUT2D eigenvalue weighted by Crippen LogP contribution is -2.47. The molecule has 1 saturated heterocycles. The van der Waals surface area contributed by atoms with Crippen LogP contribution in [-0.4, -0.2) is 17.4 Å². The smallest absolute Gasteiger partial charge is 0.0273 e. The zero-order valence-corrected chi connectivity index (χ0v) is 8.44. The molecule has 2 rings (SSSR count). The molecule has 1 heterocycles. The second kappa shape index (κ2) is 3.44. The zero-order valence-electron chi connectivity index (χ0n) is 6.85. The van der Waals surface area contributed by atoms with Crippen LogP contribution in [0.2, 0.25) is 0 Å². The summed E-state index contributed by atoms with van der Waals surface area (Å²) in [5.41, 5.74) is 0. The van der Waals surface area contributed by atoms with Crippen LogP contribution in [0.4, 0.5) is 0 Å². The first-order chi connectivity index (χ1) is 5.36. The quantitative estimate of drug-likeness (QED) is 0.615. The van der Waals surface area contributed by atoms with Crippen molar-refractivity contribution < 1.29 is 0 Å². The molecule has 1 N–H and O–H groups in total. The number of hydrogen-bond acceptors (Lipinski definition) is 1. The lowest BCUT2D eigenvalue weighted by Gasteiger charge is -2.38. The number of nitrogens with one attached hydrogen (secondary N) is 1. The molecular formula is C9H16BrN. The van der Waals surface area contributed by atoms with Gasteiger partial charge >= 0.3 is 0 Å². The van der Waals surface area contributed by atoms with Crippen molar-refractivity contribution in [3.8, 4) is 0 Å². The number of fused-ring (bicyclic) bond motifs is 1. The third-order valence-corrected chi connectivity index (χ3v) is 3.77. The van der Waals surface area contributed by atoms with E-state index in [1.54, 1.807) is 0 Å². The molecular weight excluding hydrogens is 202 g/mol. The fourth-order valence-electron chi connectivity index (χ4n) is 2.45. The van der Waals surface area contributed by atoms with Crippen LogP contribution in [0.5, 0.6) is 0 Å². The number of rotatable bonds is 0. The van der Waals surface area contributed by atoms with Crippen molar-refractivity contribution >= 4 is 15.9 Å². The van der Waals surface area contributed by atoms with Gasteiger partial charge in [0.25, 0.3) is 0 Å². The van der Waals surface area contributed by atoms with Crippen LogP contribution >= 0.6 is 15.9 Å². The highest BCUT2D eigenvalue weighted by atomic mass is 79.9. The van der Waals surface area contributed by atoms with Gasteiger partial charge in [0.05, 0.1) is 0 Å². The van der Waals surface area contributed by atoms with E-state index >= 15 is 0 Å². The molecule has 0 bridgehead atoms. The summed E-state index contributed by atoms with van der Waals surface area (Å²) >= 11 is 3.69. The van der Waals surface area contributed by atoms with E-state index in [0.717, 1.165) is 16.8 Å². The van der Waals surface area contributed by atoms with Crippen molar-refractivity contribution in [2.75, 3.05) is 6.54 Å². The Bertz CT molecular complexity index is 138. The SMILES string of the molecule is BrC1CNC2CCCCC2C1. The molecule has 0 amide bonds. The van der Waals surface area contributed by atoms with Gasteiger partial charge in [-0.2, -0.15) is 0 Å². The molecule has 3 atom stereocenters. The highest BCUT2D eigenvalue weighted by Crippen LogP contribution is 2.32. The van der Waals surface area contributed by atoms with E-state index in [1.807, 2.05) is 0 Å². The van der Waals surface area contributed by atoms with Crippen molar-refractivity contribution in [1.29, 1.82) is 0 Å². The first kappa shape index (κ1) is 8.06. The molecule has 2 heteroatoms. The Hall–Kier alpha value is 0.440. The van der Waals surface area contributed by atoms with Crippen LogP contribution in [0.3, 0.4) is 0 Å². The summed E-state index contributed by atoms with van der Waals surface area (Å²) in [5.74, 6) is 0.974. The maximum atomic E-state index is 3.69. The minimum atomic E-state index is 0.738. The highest BCUT2D eigenvalue weighted by Gasteiger charge is 2.30. The average molecular weight is 218 g/mol. The first-order valence-corrected chi connectivity index (χ1v) is 5.65. The Morgan fingerprint density at radius 2 is 2.00 bits per heavy atom. The largest absolute Gasteiger partial charge is 0.313 e. The van der Waals surface area contributed by atoms with Crippen molar-refractivity contribution in [1.82, 2.24) is 5.32 Å². The van der Waals surface area contributed by atoms with Crippen LogP contribution in [0, 0.1) is 5.92 Å². The maximum Gasteiger partial charge on any atom is 0.0273 e. The molecule has 0 aromatic heterocycles. The zero-order chi connectivity index (χ0) is 7.68. The van der Waals surface area contributed by atoms with E-state index in [9.17, 15) is 0 Å². The minimum absolute atomic E-state index is 0.738. The summed E-state index contributed by atoms with van der Waals surface area (Å²) in [6, 6.07) is 0.859. The second-order valence-electron chi connectivity index (χ2n) is 3.89. The van der Waals surface area contributed by atoms with E-state index in [1.165, 1.54) is 38.6 Å². The van der Waals surface area contributed by atoms with E-state index in [0.29, 0.717) is 0 Å². The van der Waals surface area contributed by atoms with Gasteiger partial charge in [-0.3, -0.25) is 0 Å². The fraction of sp³-hybridized carbons (Fsp3) is 1.00. The molecule has 1 saturated carbocycles. The van der Waals surface area contributed by atoms with Gasteiger partial charge in [-0.05, 0) is 25.2 Å². The Balaban J connectivity index is 1.93. The summed E-state index contributed by atoms with van der Waals surface area (Å²) in [6.07, 6.45) is 7.19. The summed E-state index contributed by atoms with van der Waals surface area (Å²) in [4.78, 5) is 0.738. The molecule has 11 heavy (non-hydrogen) atoms. The van der Waals surface area contributed by atoms with Gasteiger partial charge < -0.3 is 5.32 Å². The van der Waals surface area contributed by atoms with Crippen molar-refractivity contribution in [3.63, 3.8) is 0 Å². The predicted molar refractivity (Wildman–Crippen MR) is 51.1 cm³/mol. The van der Waals surface area contributed by atoms with E-state index in [2.05, 4.69) is 21.2 Å². The van der Waals surface area contributed by atoms with Gasteiger partial charge in [0.2, 0.25) is 0 Å². The Morgan fingerprint density at radius 3 is 2.91 bits per heavy atom. The van der Waals surface area contributed by atoms with Gasteiger partial charge in [0.15, 0.2) is 0 Å². The number of piperidine rings is 1. The van der Waals surface area contributed by atoms with E-state index in [-0.39, 0.29) is 0 Å². The number of halogens is 1. The van der Waals surface area contributed by atoms with Gasteiger partial charge in [-0.15, -0.1) is 0 Å². The Labute approximate surface area is 77.1 Å². The molecule has 1 aliphatic heterocycles. The van der Waals surface area contributed by atoms with Crippen LogP contribution in [-0.2, 0) is 0 Å². The monoisotopic (exact) mass is 217 g/mol. The molecule has 0 radical (unpaired) electrons. The van der Waals surface area contributed by atoms with Crippen LogP contribution < -0.4 is 5.32 Å². The summed E-state index contributed by atoms with van der Waals surface area (Å²) < 4.78 is 0. The molecule has 0 aromatic rings. The Kier molecular flexibility index (Phi) is 2.52. The van der Waals surface area contributed by atoms with E-state index < -0.39 is 0 Å². The van der Waals surface area contributed by atoms with Crippen LogP contribution in [0.1, 0.15) is 32.1 Å². The minimum Gasteiger partial charge on any atom is -0.313 e. The van der Waals surface area contributed by atoms with E-state index in [4.69, 9.17) is 0 Å². The van der Waals surface area contributed by atoms with Crippen molar-refractivity contribution in [2.45, 2.75) is 43.0 Å². The van der Waals surface area contributed by atoms with Crippen LogP contribution in [0.15, 0.2) is 0 Å². The van der Waals surface area contributed by atoms with Gasteiger partial charge in [0.1, 0.15) is 0 Å². The molecule has 0 spiro atoms. The highest BCUT2D eigenvalue weighted by molar-refractivity contribution is 9.09. The number of alkyl halides is 1. The topological polar surface area (TPSA) is 12.0 Å². The molecule has 3 unspecified atom stereocenters. The fourth-order valence-corrected chi connectivity index (χ4v) is 3.12. The van der Waals surface area contributed by atoms with Gasteiger partial charge in [0, 0.05) is 17.4 Å². The van der Waals surface area contributed by atoms with Crippen molar-refractivity contribution in [2.24, 2.45) is 5.92 Å². The third kappa shape index (κ3) is 1.78.